The molecule has 1 saturated heterocycles. The highest BCUT2D eigenvalue weighted by Crippen LogP contribution is 2.25. The summed E-state index contributed by atoms with van der Waals surface area (Å²) in [7, 11) is 0. The summed E-state index contributed by atoms with van der Waals surface area (Å²) in [6.07, 6.45) is 0.427. The molecule has 2 aromatic carbocycles. The van der Waals surface area contributed by atoms with Crippen molar-refractivity contribution in [3.8, 4) is 0 Å². The molecule has 0 saturated carbocycles. The Morgan fingerprint density at radius 2 is 1.65 bits per heavy atom. The van der Waals surface area contributed by atoms with Gasteiger partial charge in [-0.3, -0.25) is 4.79 Å². The van der Waals surface area contributed by atoms with Crippen molar-refractivity contribution in [3.63, 3.8) is 0 Å². The van der Waals surface area contributed by atoms with Crippen molar-refractivity contribution in [1.29, 1.82) is 0 Å². The zero-order valence-electron chi connectivity index (χ0n) is 14.7. The SMILES string of the molecule is Cc1ccc(Cl)cc1N1CCN(C(=O)Cc2ccc(N)cc2)CC1.Cl.Cl. The fraction of sp³-hybridized carbons (Fsp3) is 0.316. The molecule has 26 heavy (non-hydrogen) atoms. The largest absolute Gasteiger partial charge is 0.399 e. The Morgan fingerprint density at radius 1 is 1.04 bits per heavy atom. The number of carbonyl (C=O) groups excluding carboxylic acids is 1. The third-order valence-corrected chi connectivity index (χ3v) is 4.71. The second-order valence-electron chi connectivity index (χ2n) is 6.22. The second-order valence-corrected chi connectivity index (χ2v) is 6.65. The van der Waals surface area contributed by atoms with E-state index in [0.717, 1.165) is 48.1 Å². The molecule has 3 rings (SSSR count). The molecule has 1 aliphatic heterocycles. The number of nitrogens with two attached hydrogens (primary N) is 1. The fourth-order valence-corrected chi connectivity index (χ4v) is 3.21. The molecule has 142 valence electrons. The number of carbonyl (C=O) groups is 1. The van der Waals surface area contributed by atoms with Crippen LogP contribution in [0.1, 0.15) is 11.1 Å². The smallest absolute Gasteiger partial charge is 0.227 e. The van der Waals surface area contributed by atoms with Crippen LogP contribution in [0.25, 0.3) is 0 Å². The molecule has 4 nitrogen and oxygen atoms in total. The van der Waals surface area contributed by atoms with Gasteiger partial charge in [0.05, 0.1) is 6.42 Å². The lowest BCUT2D eigenvalue weighted by Gasteiger charge is -2.37. The summed E-state index contributed by atoms with van der Waals surface area (Å²) >= 11 is 6.12. The number of aryl methyl sites for hydroxylation is 1. The van der Waals surface area contributed by atoms with Crippen LogP contribution in [0.2, 0.25) is 5.02 Å². The predicted octanol–water partition coefficient (Wildman–Crippen LogP) is 3.97. The number of nitrogen functional groups attached to an aromatic ring is 1. The molecule has 0 aromatic heterocycles. The highest BCUT2D eigenvalue weighted by molar-refractivity contribution is 6.30. The molecule has 0 spiro atoms. The maximum atomic E-state index is 12.5. The summed E-state index contributed by atoms with van der Waals surface area (Å²) in [6, 6.07) is 13.5. The maximum absolute atomic E-state index is 12.5. The lowest BCUT2D eigenvalue weighted by molar-refractivity contribution is -0.130. The van der Waals surface area contributed by atoms with Gasteiger partial charge in [0.1, 0.15) is 0 Å². The van der Waals surface area contributed by atoms with Crippen LogP contribution in [0.15, 0.2) is 42.5 Å². The predicted molar refractivity (Wildman–Crippen MR) is 114 cm³/mol. The zero-order valence-corrected chi connectivity index (χ0v) is 17.0. The number of anilines is 2. The summed E-state index contributed by atoms with van der Waals surface area (Å²) in [5.41, 5.74) is 9.77. The second kappa shape index (κ2) is 9.91. The standard InChI is InChI=1S/C19H22ClN3O.2ClH/c1-14-2-5-16(20)13-18(14)22-8-10-23(11-9-22)19(24)12-15-3-6-17(21)7-4-15;;/h2-7,13H,8-12,21H2,1H3;2*1H. The quantitative estimate of drug-likeness (QED) is 0.770. The molecule has 2 aromatic rings. The van der Waals surface area contributed by atoms with E-state index >= 15 is 0 Å². The van der Waals surface area contributed by atoms with Crippen LogP contribution in [-0.4, -0.2) is 37.0 Å². The lowest BCUT2D eigenvalue weighted by Crippen LogP contribution is -2.49. The van der Waals surface area contributed by atoms with Gasteiger partial charge in [0.2, 0.25) is 5.91 Å². The van der Waals surface area contributed by atoms with Crippen molar-refractivity contribution in [1.82, 2.24) is 4.90 Å². The first-order valence-corrected chi connectivity index (χ1v) is 8.54. The first kappa shape index (κ1) is 22.4. The number of hydrogen-bond acceptors (Lipinski definition) is 3. The van der Waals surface area contributed by atoms with Crippen molar-refractivity contribution < 1.29 is 4.79 Å². The van der Waals surface area contributed by atoms with Crippen LogP contribution in [0, 0.1) is 6.92 Å². The number of halogens is 3. The topological polar surface area (TPSA) is 49.6 Å². The molecule has 0 radical (unpaired) electrons. The number of nitrogens with zero attached hydrogens (tertiary/aromatic N) is 2. The molecule has 1 amide bonds. The van der Waals surface area contributed by atoms with Gasteiger partial charge in [-0.15, -0.1) is 24.8 Å². The van der Waals surface area contributed by atoms with E-state index in [2.05, 4.69) is 11.8 Å². The molecule has 1 fully saturated rings. The average molecular weight is 417 g/mol. The third-order valence-electron chi connectivity index (χ3n) is 4.48. The Kier molecular flexibility index (Phi) is 8.54. The molecule has 0 atom stereocenters. The Labute approximate surface area is 172 Å². The number of hydrogen-bond donors (Lipinski definition) is 1. The summed E-state index contributed by atoms with van der Waals surface area (Å²) < 4.78 is 0. The Hall–Kier alpha value is -1.62. The molecule has 1 heterocycles. The minimum Gasteiger partial charge on any atom is -0.399 e. The Morgan fingerprint density at radius 3 is 2.27 bits per heavy atom. The summed E-state index contributed by atoms with van der Waals surface area (Å²) in [5.74, 6) is 0.169. The van der Waals surface area contributed by atoms with Gasteiger partial charge in [-0.05, 0) is 42.3 Å². The van der Waals surface area contributed by atoms with Crippen LogP contribution in [0.3, 0.4) is 0 Å². The third kappa shape index (κ3) is 5.44. The van der Waals surface area contributed by atoms with E-state index in [4.69, 9.17) is 17.3 Å². The van der Waals surface area contributed by atoms with Crippen molar-refractivity contribution >= 4 is 53.7 Å². The van der Waals surface area contributed by atoms with Crippen LogP contribution in [0.5, 0.6) is 0 Å². The highest BCUT2D eigenvalue weighted by atomic mass is 35.5. The summed E-state index contributed by atoms with van der Waals surface area (Å²) in [4.78, 5) is 16.7. The van der Waals surface area contributed by atoms with E-state index in [9.17, 15) is 4.79 Å². The molecular weight excluding hydrogens is 393 g/mol. The van der Waals surface area contributed by atoms with Gasteiger partial charge >= 0.3 is 0 Å². The number of rotatable bonds is 3. The van der Waals surface area contributed by atoms with Crippen molar-refractivity contribution in [2.45, 2.75) is 13.3 Å². The van der Waals surface area contributed by atoms with Crippen LogP contribution < -0.4 is 10.6 Å². The van der Waals surface area contributed by atoms with Gasteiger partial charge < -0.3 is 15.5 Å². The minimum atomic E-state index is 0. The zero-order chi connectivity index (χ0) is 17.1. The number of benzene rings is 2. The van der Waals surface area contributed by atoms with Crippen molar-refractivity contribution in [2.24, 2.45) is 0 Å². The van der Waals surface area contributed by atoms with Gasteiger partial charge in [-0.25, -0.2) is 0 Å². The van der Waals surface area contributed by atoms with Gasteiger partial charge in [0.25, 0.3) is 0 Å². The minimum absolute atomic E-state index is 0. The number of piperazine rings is 1. The molecule has 7 heteroatoms. The molecule has 0 aliphatic carbocycles. The lowest BCUT2D eigenvalue weighted by atomic mass is 10.1. The monoisotopic (exact) mass is 415 g/mol. The van der Waals surface area contributed by atoms with E-state index < -0.39 is 0 Å². The molecular formula is C19H24Cl3N3O. The van der Waals surface area contributed by atoms with Crippen LogP contribution >= 0.6 is 36.4 Å². The van der Waals surface area contributed by atoms with Gasteiger partial charge in [0.15, 0.2) is 0 Å². The van der Waals surface area contributed by atoms with E-state index in [0.29, 0.717) is 6.42 Å². The van der Waals surface area contributed by atoms with E-state index in [1.807, 2.05) is 47.4 Å². The van der Waals surface area contributed by atoms with E-state index in [-0.39, 0.29) is 30.7 Å². The van der Waals surface area contributed by atoms with Gasteiger partial charge in [0, 0.05) is 42.6 Å². The van der Waals surface area contributed by atoms with Gasteiger partial charge in [-0.2, -0.15) is 0 Å². The Balaban J connectivity index is 0.00000169. The summed E-state index contributed by atoms with van der Waals surface area (Å²) in [5, 5.41) is 0.748. The van der Waals surface area contributed by atoms with E-state index in [1.165, 1.54) is 5.56 Å². The molecule has 0 bridgehead atoms. The first-order chi connectivity index (χ1) is 11.5. The summed E-state index contributed by atoms with van der Waals surface area (Å²) in [6.45, 7) is 5.22. The highest BCUT2D eigenvalue weighted by Gasteiger charge is 2.22. The van der Waals surface area contributed by atoms with Crippen LogP contribution in [-0.2, 0) is 11.2 Å². The number of amides is 1. The van der Waals surface area contributed by atoms with Crippen LogP contribution in [0.4, 0.5) is 11.4 Å². The molecule has 1 aliphatic rings. The van der Waals surface area contributed by atoms with Gasteiger partial charge in [-0.1, -0.05) is 29.8 Å². The van der Waals surface area contributed by atoms with Crippen molar-refractivity contribution in [3.05, 3.63) is 58.6 Å². The van der Waals surface area contributed by atoms with Crippen molar-refractivity contribution in [2.75, 3.05) is 36.8 Å². The first-order valence-electron chi connectivity index (χ1n) is 8.16. The fourth-order valence-electron chi connectivity index (χ4n) is 3.04. The molecule has 2 N–H and O–H groups in total. The Bertz CT molecular complexity index is 729. The van der Waals surface area contributed by atoms with E-state index in [1.54, 1.807) is 0 Å². The normalized spacial score (nSPS) is 13.6. The molecule has 0 unspecified atom stereocenters. The maximum Gasteiger partial charge on any atom is 0.227 e. The average Bonchev–Trinajstić information content (AvgIpc) is 2.59.